The summed E-state index contributed by atoms with van der Waals surface area (Å²) in [6.07, 6.45) is -0.828. The number of piperazine rings is 1. The zero-order valence-corrected chi connectivity index (χ0v) is 14.9. The number of ether oxygens (including phenoxy) is 2. The summed E-state index contributed by atoms with van der Waals surface area (Å²) in [5, 5.41) is 8.99. The lowest BCUT2D eigenvalue weighted by molar-refractivity contribution is 0.103. The molecule has 1 amide bonds. The van der Waals surface area contributed by atoms with Crippen molar-refractivity contribution < 1.29 is 19.4 Å². The average Bonchev–Trinajstić information content (AvgIpc) is 2.68. The van der Waals surface area contributed by atoms with Gasteiger partial charge in [0, 0.05) is 32.7 Å². The third-order valence-corrected chi connectivity index (χ3v) is 4.54. The maximum atomic E-state index is 10.9. The summed E-state index contributed by atoms with van der Waals surface area (Å²) in [6, 6.07) is 15.9. The van der Waals surface area contributed by atoms with Crippen LogP contribution in [0, 0.1) is 0 Å². The second-order valence-electron chi connectivity index (χ2n) is 6.33. The van der Waals surface area contributed by atoms with Crippen LogP contribution >= 0.6 is 0 Å². The number of nitrogens with zero attached hydrogens (tertiary/aromatic N) is 2. The van der Waals surface area contributed by atoms with Gasteiger partial charge in [-0.15, -0.1) is 0 Å². The topological polar surface area (TPSA) is 62.2 Å². The second-order valence-corrected chi connectivity index (χ2v) is 6.33. The summed E-state index contributed by atoms with van der Waals surface area (Å²) >= 11 is 0. The maximum absolute atomic E-state index is 10.9. The first-order chi connectivity index (χ1) is 12.6. The lowest BCUT2D eigenvalue weighted by Crippen LogP contribution is -2.47. The molecule has 2 aromatic carbocycles. The molecule has 138 valence electrons. The molecule has 3 rings (SSSR count). The standard InChI is InChI=1S/C20H24N2O4/c1-25-18-6-8-19(9-7-18)26-15-17-4-2-16(3-5-17)14-21-10-12-22(13-11-21)20(23)24/h2-9H,10-15H2,1H3,(H,23,24). The highest BCUT2D eigenvalue weighted by Gasteiger charge is 2.20. The van der Waals surface area contributed by atoms with Crippen LogP contribution in [0.1, 0.15) is 11.1 Å². The van der Waals surface area contributed by atoms with Gasteiger partial charge >= 0.3 is 6.09 Å². The molecule has 6 nitrogen and oxygen atoms in total. The van der Waals surface area contributed by atoms with Crippen molar-refractivity contribution in [3.8, 4) is 11.5 Å². The smallest absolute Gasteiger partial charge is 0.407 e. The summed E-state index contributed by atoms with van der Waals surface area (Å²) in [4.78, 5) is 14.7. The van der Waals surface area contributed by atoms with Crippen molar-refractivity contribution in [1.82, 2.24) is 9.80 Å². The molecule has 1 aliphatic heterocycles. The molecule has 0 unspecified atom stereocenters. The zero-order valence-electron chi connectivity index (χ0n) is 14.9. The molecule has 2 aromatic rings. The van der Waals surface area contributed by atoms with Crippen LogP contribution in [0.25, 0.3) is 0 Å². The lowest BCUT2D eigenvalue weighted by Gasteiger charge is -2.33. The highest BCUT2D eigenvalue weighted by Crippen LogP contribution is 2.18. The van der Waals surface area contributed by atoms with Crippen molar-refractivity contribution in [2.24, 2.45) is 0 Å². The van der Waals surface area contributed by atoms with E-state index in [2.05, 4.69) is 29.2 Å². The van der Waals surface area contributed by atoms with E-state index in [4.69, 9.17) is 14.6 Å². The highest BCUT2D eigenvalue weighted by molar-refractivity contribution is 5.65. The first-order valence-corrected chi connectivity index (χ1v) is 8.69. The molecule has 0 bridgehead atoms. The molecule has 0 saturated carbocycles. The third kappa shape index (κ3) is 4.89. The minimum absolute atomic E-state index is 0.518. The molecule has 1 fully saturated rings. The van der Waals surface area contributed by atoms with Gasteiger partial charge in [-0.2, -0.15) is 0 Å². The van der Waals surface area contributed by atoms with Crippen molar-refractivity contribution in [3.63, 3.8) is 0 Å². The quantitative estimate of drug-likeness (QED) is 0.862. The number of hydrogen-bond acceptors (Lipinski definition) is 4. The van der Waals surface area contributed by atoms with Gasteiger partial charge in [-0.3, -0.25) is 4.90 Å². The Kier molecular flexibility index (Phi) is 5.96. The number of rotatable bonds is 6. The maximum Gasteiger partial charge on any atom is 0.407 e. The van der Waals surface area contributed by atoms with Gasteiger partial charge in [0.1, 0.15) is 18.1 Å². The van der Waals surface area contributed by atoms with E-state index < -0.39 is 6.09 Å². The van der Waals surface area contributed by atoms with Gasteiger partial charge in [0.05, 0.1) is 7.11 Å². The van der Waals surface area contributed by atoms with Gasteiger partial charge in [-0.1, -0.05) is 24.3 Å². The van der Waals surface area contributed by atoms with E-state index in [9.17, 15) is 4.79 Å². The minimum Gasteiger partial charge on any atom is -0.497 e. The van der Waals surface area contributed by atoms with Crippen molar-refractivity contribution in [2.75, 3.05) is 33.3 Å². The Balaban J connectivity index is 1.46. The zero-order chi connectivity index (χ0) is 18.4. The van der Waals surface area contributed by atoms with Crippen LogP contribution in [0.15, 0.2) is 48.5 Å². The largest absolute Gasteiger partial charge is 0.497 e. The van der Waals surface area contributed by atoms with Crippen LogP contribution in [-0.2, 0) is 13.2 Å². The summed E-state index contributed by atoms with van der Waals surface area (Å²) in [7, 11) is 1.64. The summed E-state index contributed by atoms with van der Waals surface area (Å²) in [6.45, 7) is 4.05. The molecule has 0 aromatic heterocycles. The van der Waals surface area contributed by atoms with Gasteiger partial charge in [-0.25, -0.2) is 4.79 Å². The van der Waals surface area contributed by atoms with Crippen LogP contribution in [-0.4, -0.2) is 54.3 Å². The molecule has 0 spiro atoms. The van der Waals surface area contributed by atoms with Gasteiger partial charge in [0.2, 0.25) is 0 Å². The first kappa shape index (κ1) is 18.1. The van der Waals surface area contributed by atoms with E-state index in [1.807, 2.05) is 24.3 Å². The van der Waals surface area contributed by atoms with E-state index >= 15 is 0 Å². The van der Waals surface area contributed by atoms with Gasteiger partial charge in [0.15, 0.2) is 0 Å². The van der Waals surface area contributed by atoms with Gasteiger partial charge < -0.3 is 19.5 Å². The normalized spacial score (nSPS) is 14.9. The average molecular weight is 356 g/mol. The van der Waals surface area contributed by atoms with Crippen LogP contribution in [0.4, 0.5) is 4.79 Å². The van der Waals surface area contributed by atoms with E-state index in [1.165, 1.54) is 10.5 Å². The third-order valence-electron chi connectivity index (χ3n) is 4.54. The number of carboxylic acid groups (broad SMARTS) is 1. The first-order valence-electron chi connectivity index (χ1n) is 8.69. The van der Waals surface area contributed by atoms with Crippen LogP contribution in [0.5, 0.6) is 11.5 Å². The molecule has 1 heterocycles. The fourth-order valence-electron chi connectivity index (χ4n) is 2.93. The Bertz CT molecular complexity index is 708. The number of benzene rings is 2. The van der Waals surface area contributed by atoms with Crippen molar-refractivity contribution in [2.45, 2.75) is 13.2 Å². The molecule has 1 N–H and O–H groups in total. The van der Waals surface area contributed by atoms with Crippen molar-refractivity contribution >= 4 is 6.09 Å². The van der Waals surface area contributed by atoms with Crippen LogP contribution in [0.2, 0.25) is 0 Å². The van der Waals surface area contributed by atoms with Crippen LogP contribution in [0.3, 0.4) is 0 Å². The predicted octanol–water partition coefficient (Wildman–Crippen LogP) is 3.07. The summed E-state index contributed by atoms with van der Waals surface area (Å²) < 4.78 is 10.9. The highest BCUT2D eigenvalue weighted by atomic mass is 16.5. The van der Waals surface area contributed by atoms with E-state index in [-0.39, 0.29) is 0 Å². The van der Waals surface area contributed by atoms with Crippen molar-refractivity contribution in [1.29, 1.82) is 0 Å². The molecular weight excluding hydrogens is 332 g/mol. The van der Waals surface area contributed by atoms with Crippen molar-refractivity contribution in [3.05, 3.63) is 59.7 Å². The Labute approximate surface area is 153 Å². The molecule has 0 radical (unpaired) electrons. The molecule has 6 heteroatoms. The van der Waals surface area contributed by atoms with E-state index in [1.54, 1.807) is 7.11 Å². The minimum atomic E-state index is -0.828. The molecule has 1 saturated heterocycles. The number of amides is 1. The molecule has 0 aliphatic carbocycles. The Morgan fingerprint density at radius 3 is 2.08 bits per heavy atom. The summed E-state index contributed by atoms with van der Waals surface area (Å²) in [5.41, 5.74) is 2.34. The lowest BCUT2D eigenvalue weighted by atomic mass is 10.1. The molecule has 1 aliphatic rings. The van der Waals surface area contributed by atoms with Gasteiger partial charge in [-0.05, 0) is 35.4 Å². The predicted molar refractivity (Wildman–Crippen MR) is 98.6 cm³/mol. The number of carbonyl (C=O) groups is 1. The SMILES string of the molecule is COc1ccc(OCc2ccc(CN3CCN(C(=O)O)CC3)cc2)cc1. The van der Waals surface area contributed by atoms with Gasteiger partial charge in [0.25, 0.3) is 0 Å². The Morgan fingerprint density at radius 2 is 1.50 bits per heavy atom. The summed E-state index contributed by atoms with van der Waals surface area (Å²) in [5.74, 6) is 1.62. The number of hydrogen-bond donors (Lipinski definition) is 1. The number of methoxy groups -OCH3 is 1. The Morgan fingerprint density at radius 1 is 0.923 bits per heavy atom. The fraction of sp³-hybridized carbons (Fsp3) is 0.350. The molecular formula is C20H24N2O4. The monoisotopic (exact) mass is 356 g/mol. The van der Waals surface area contributed by atoms with Crippen LogP contribution < -0.4 is 9.47 Å². The molecule has 26 heavy (non-hydrogen) atoms. The fourth-order valence-corrected chi connectivity index (χ4v) is 2.93. The molecule has 0 atom stereocenters. The van der Waals surface area contributed by atoms with E-state index in [0.717, 1.165) is 36.7 Å². The Hall–Kier alpha value is -2.73. The second kappa shape index (κ2) is 8.58. The van der Waals surface area contributed by atoms with E-state index in [0.29, 0.717) is 19.7 Å².